The minimum absolute atomic E-state index is 0.0167. The fourth-order valence-electron chi connectivity index (χ4n) is 3.30. The van der Waals surface area contributed by atoms with Gasteiger partial charge in [-0.1, -0.05) is 6.92 Å². The van der Waals surface area contributed by atoms with Gasteiger partial charge in [0.15, 0.2) is 11.4 Å². The second-order valence-corrected chi connectivity index (χ2v) is 6.46. The van der Waals surface area contributed by atoms with E-state index in [1.807, 2.05) is 0 Å². The van der Waals surface area contributed by atoms with E-state index in [-0.39, 0.29) is 23.2 Å². The van der Waals surface area contributed by atoms with Crippen molar-refractivity contribution < 1.29 is 13.9 Å². The summed E-state index contributed by atoms with van der Waals surface area (Å²) in [5.74, 6) is -0.0521. The number of likely N-dealkylation sites (tertiary alicyclic amines) is 1. The van der Waals surface area contributed by atoms with Crippen molar-refractivity contribution >= 4 is 11.6 Å². The van der Waals surface area contributed by atoms with Gasteiger partial charge in [-0.3, -0.25) is 9.69 Å². The van der Waals surface area contributed by atoms with Crippen molar-refractivity contribution in [3.63, 3.8) is 0 Å². The van der Waals surface area contributed by atoms with E-state index in [0.29, 0.717) is 23.9 Å². The molecule has 1 atom stereocenters. The Labute approximate surface area is 157 Å². The summed E-state index contributed by atoms with van der Waals surface area (Å²) in [5.41, 5.74) is 0.361. The Bertz CT molecular complexity index is 811. The first-order valence-corrected chi connectivity index (χ1v) is 9.03. The van der Waals surface area contributed by atoms with Gasteiger partial charge in [0.05, 0.1) is 0 Å². The SMILES string of the molecule is CCN1CCCC1CNC(=O)c1ccc(Oc2ccc(F)cc2)c(N=O)c1. The van der Waals surface area contributed by atoms with Crippen LogP contribution in [0.2, 0.25) is 0 Å². The fourth-order valence-corrected chi connectivity index (χ4v) is 3.30. The van der Waals surface area contributed by atoms with Crippen molar-refractivity contribution in [3.05, 3.63) is 58.8 Å². The Hall–Kier alpha value is -2.80. The zero-order valence-electron chi connectivity index (χ0n) is 15.2. The molecule has 2 aromatic rings. The lowest BCUT2D eigenvalue weighted by atomic mass is 10.1. The van der Waals surface area contributed by atoms with E-state index in [2.05, 4.69) is 22.3 Å². The molecule has 27 heavy (non-hydrogen) atoms. The Morgan fingerprint density at radius 1 is 1.30 bits per heavy atom. The number of hydrogen-bond acceptors (Lipinski definition) is 5. The maximum absolute atomic E-state index is 13.0. The van der Waals surface area contributed by atoms with Gasteiger partial charge in [-0.25, -0.2) is 4.39 Å². The highest BCUT2D eigenvalue weighted by atomic mass is 19.1. The molecule has 1 saturated heterocycles. The molecule has 1 aliphatic rings. The van der Waals surface area contributed by atoms with Crippen molar-refractivity contribution in [1.82, 2.24) is 10.2 Å². The third kappa shape index (κ3) is 4.68. The van der Waals surface area contributed by atoms with Crippen LogP contribution in [0.25, 0.3) is 0 Å². The summed E-state index contributed by atoms with van der Waals surface area (Å²) in [6.07, 6.45) is 2.21. The number of rotatable bonds is 7. The minimum atomic E-state index is -0.382. The molecule has 0 spiro atoms. The van der Waals surface area contributed by atoms with Gasteiger partial charge >= 0.3 is 0 Å². The summed E-state index contributed by atoms with van der Waals surface area (Å²) < 4.78 is 18.5. The van der Waals surface area contributed by atoms with Crippen molar-refractivity contribution in [2.24, 2.45) is 5.18 Å². The molecule has 1 unspecified atom stereocenters. The molecule has 7 heteroatoms. The summed E-state index contributed by atoms with van der Waals surface area (Å²) >= 11 is 0. The van der Waals surface area contributed by atoms with Crippen LogP contribution >= 0.6 is 0 Å². The molecule has 1 amide bonds. The van der Waals surface area contributed by atoms with Gasteiger partial charge < -0.3 is 10.1 Å². The van der Waals surface area contributed by atoms with Crippen molar-refractivity contribution in [2.75, 3.05) is 19.6 Å². The molecule has 1 fully saturated rings. The van der Waals surface area contributed by atoms with Crippen LogP contribution in [-0.2, 0) is 0 Å². The second-order valence-electron chi connectivity index (χ2n) is 6.46. The topological polar surface area (TPSA) is 71.0 Å². The van der Waals surface area contributed by atoms with Gasteiger partial charge in [0.25, 0.3) is 5.91 Å². The van der Waals surface area contributed by atoms with E-state index < -0.39 is 0 Å². The number of halogens is 1. The number of carbonyl (C=O) groups excluding carboxylic acids is 1. The fraction of sp³-hybridized carbons (Fsp3) is 0.350. The molecule has 1 N–H and O–H groups in total. The van der Waals surface area contributed by atoms with Gasteiger partial charge in [0, 0.05) is 18.2 Å². The van der Waals surface area contributed by atoms with Crippen LogP contribution in [0.5, 0.6) is 11.5 Å². The monoisotopic (exact) mass is 371 g/mol. The molecule has 1 aliphatic heterocycles. The normalized spacial score (nSPS) is 16.9. The van der Waals surface area contributed by atoms with Gasteiger partial charge in [-0.15, -0.1) is 4.91 Å². The van der Waals surface area contributed by atoms with Gasteiger partial charge in [-0.05, 0) is 73.6 Å². The van der Waals surface area contributed by atoms with Gasteiger partial charge in [0.1, 0.15) is 11.6 Å². The Morgan fingerprint density at radius 3 is 2.78 bits per heavy atom. The van der Waals surface area contributed by atoms with E-state index in [9.17, 15) is 14.1 Å². The van der Waals surface area contributed by atoms with Crippen LogP contribution in [0.15, 0.2) is 47.6 Å². The predicted octanol–water partition coefficient (Wildman–Crippen LogP) is 4.23. The molecule has 0 saturated carbocycles. The van der Waals surface area contributed by atoms with Gasteiger partial charge in [0.2, 0.25) is 0 Å². The smallest absolute Gasteiger partial charge is 0.251 e. The molecule has 1 heterocycles. The summed E-state index contributed by atoms with van der Waals surface area (Å²) in [5, 5.41) is 5.88. The van der Waals surface area contributed by atoms with Crippen LogP contribution in [0, 0.1) is 10.7 Å². The second kappa shape index (κ2) is 8.73. The number of benzene rings is 2. The zero-order valence-corrected chi connectivity index (χ0v) is 15.2. The summed E-state index contributed by atoms with van der Waals surface area (Å²) in [6, 6.07) is 10.3. The van der Waals surface area contributed by atoms with Crippen molar-refractivity contribution in [2.45, 2.75) is 25.8 Å². The lowest BCUT2D eigenvalue weighted by Crippen LogP contribution is -2.40. The highest BCUT2D eigenvalue weighted by Crippen LogP contribution is 2.32. The largest absolute Gasteiger partial charge is 0.455 e. The van der Waals surface area contributed by atoms with E-state index in [1.54, 1.807) is 6.07 Å². The Kier molecular flexibility index (Phi) is 6.13. The zero-order chi connectivity index (χ0) is 19.2. The molecule has 0 aromatic heterocycles. The van der Waals surface area contributed by atoms with Crippen molar-refractivity contribution in [3.8, 4) is 11.5 Å². The maximum atomic E-state index is 13.0. The molecular formula is C20H22FN3O3. The first-order valence-electron chi connectivity index (χ1n) is 9.03. The first kappa shape index (κ1) is 19.0. The molecule has 6 nitrogen and oxygen atoms in total. The molecule has 142 valence electrons. The number of hydrogen-bond donors (Lipinski definition) is 1. The average Bonchev–Trinajstić information content (AvgIpc) is 3.15. The number of likely N-dealkylation sites (N-methyl/N-ethyl adjacent to an activating group) is 1. The molecule has 3 rings (SSSR count). The summed E-state index contributed by atoms with van der Waals surface area (Å²) in [7, 11) is 0. The van der Waals surface area contributed by atoms with Crippen LogP contribution in [0.3, 0.4) is 0 Å². The van der Waals surface area contributed by atoms with Crippen LogP contribution in [-0.4, -0.2) is 36.5 Å². The van der Waals surface area contributed by atoms with Crippen molar-refractivity contribution in [1.29, 1.82) is 0 Å². The highest BCUT2D eigenvalue weighted by molar-refractivity contribution is 5.95. The number of amides is 1. The molecule has 0 aliphatic carbocycles. The first-order chi connectivity index (χ1) is 13.1. The minimum Gasteiger partial charge on any atom is -0.455 e. The lowest BCUT2D eigenvalue weighted by molar-refractivity contribution is 0.0941. The van der Waals surface area contributed by atoms with Crippen LogP contribution < -0.4 is 10.1 Å². The summed E-state index contributed by atoms with van der Waals surface area (Å²) in [6.45, 7) is 4.72. The maximum Gasteiger partial charge on any atom is 0.251 e. The third-order valence-corrected chi connectivity index (χ3v) is 4.76. The number of ether oxygens (including phenoxy) is 1. The van der Waals surface area contributed by atoms with Gasteiger partial charge in [-0.2, -0.15) is 0 Å². The predicted molar refractivity (Wildman–Crippen MR) is 101 cm³/mol. The quantitative estimate of drug-likeness (QED) is 0.740. The number of nitrogens with zero attached hydrogens (tertiary/aromatic N) is 2. The standard InChI is InChI=1S/C20H22FN3O3/c1-2-24-11-3-4-16(24)13-22-20(25)14-5-10-19(18(12-14)23-26)27-17-8-6-15(21)7-9-17/h5-10,12,16H,2-4,11,13H2,1H3,(H,22,25). The Balaban J connectivity index is 1.66. The van der Waals surface area contributed by atoms with E-state index in [1.165, 1.54) is 36.4 Å². The van der Waals surface area contributed by atoms with Crippen LogP contribution in [0.4, 0.5) is 10.1 Å². The number of carbonyl (C=O) groups is 1. The number of nitrogens with one attached hydrogen (secondary N) is 1. The van der Waals surface area contributed by atoms with E-state index in [0.717, 1.165) is 25.9 Å². The molecule has 0 bridgehead atoms. The van der Waals surface area contributed by atoms with E-state index >= 15 is 0 Å². The average molecular weight is 371 g/mol. The summed E-state index contributed by atoms with van der Waals surface area (Å²) in [4.78, 5) is 25.9. The molecular weight excluding hydrogens is 349 g/mol. The third-order valence-electron chi connectivity index (χ3n) is 4.76. The molecule has 0 radical (unpaired) electrons. The lowest BCUT2D eigenvalue weighted by Gasteiger charge is -2.22. The number of nitroso groups, excluding NO2 is 1. The Morgan fingerprint density at radius 2 is 2.07 bits per heavy atom. The highest BCUT2D eigenvalue weighted by Gasteiger charge is 2.23. The van der Waals surface area contributed by atoms with E-state index in [4.69, 9.17) is 4.74 Å². The van der Waals surface area contributed by atoms with Crippen LogP contribution in [0.1, 0.15) is 30.1 Å². The molecule has 2 aromatic carbocycles.